The van der Waals surface area contributed by atoms with Crippen LogP contribution < -0.4 is 10.2 Å². The molecule has 2 aromatic rings. The number of carbonyl (C=O) groups is 2. The van der Waals surface area contributed by atoms with Gasteiger partial charge in [0, 0.05) is 50.8 Å². The first-order valence-corrected chi connectivity index (χ1v) is 8.41. The minimum atomic E-state index is -0.555. The van der Waals surface area contributed by atoms with Crippen LogP contribution in [0.2, 0.25) is 0 Å². The number of carbonyl (C=O) groups excluding carboxylic acids is 2. The molecule has 1 fully saturated rings. The molecule has 3 rings (SSSR count). The summed E-state index contributed by atoms with van der Waals surface area (Å²) >= 11 is 0. The zero-order chi connectivity index (χ0) is 17.6. The van der Waals surface area contributed by atoms with Crippen LogP contribution in [0.25, 0.3) is 0 Å². The van der Waals surface area contributed by atoms with Gasteiger partial charge in [-0.15, -0.1) is 0 Å². The molecule has 0 bridgehead atoms. The van der Waals surface area contributed by atoms with Crippen molar-refractivity contribution < 1.29 is 9.59 Å². The van der Waals surface area contributed by atoms with Gasteiger partial charge < -0.3 is 15.1 Å². The molecule has 2 heterocycles. The molecule has 0 saturated carbocycles. The Bertz CT molecular complexity index is 740. The zero-order valence-electron chi connectivity index (χ0n) is 14.3. The highest BCUT2D eigenvalue weighted by molar-refractivity contribution is 6.35. The van der Waals surface area contributed by atoms with Crippen molar-refractivity contribution in [3.63, 3.8) is 0 Å². The number of benzene rings is 1. The molecule has 0 atom stereocenters. The first kappa shape index (κ1) is 17.0. The molecular formula is C19H22N4O2. The van der Waals surface area contributed by atoms with Gasteiger partial charge in [0.25, 0.3) is 0 Å². The maximum atomic E-state index is 12.3. The fraction of sp³-hybridized carbons (Fsp3) is 0.316. The van der Waals surface area contributed by atoms with Crippen molar-refractivity contribution in [3.05, 3.63) is 59.9 Å². The number of anilines is 1. The second kappa shape index (κ2) is 7.79. The van der Waals surface area contributed by atoms with Crippen molar-refractivity contribution in [2.45, 2.75) is 13.5 Å². The zero-order valence-corrected chi connectivity index (χ0v) is 14.3. The molecule has 0 unspecified atom stereocenters. The minimum Gasteiger partial charge on any atom is -0.368 e. The van der Waals surface area contributed by atoms with Crippen LogP contribution in [0.15, 0.2) is 48.8 Å². The molecule has 1 N–H and O–H groups in total. The van der Waals surface area contributed by atoms with Crippen LogP contribution in [0, 0.1) is 6.92 Å². The van der Waals surface area contributed by atoms with Gasteiger partial charge in [-0.25, -0.2) is 0 Å². The molecule has 0 aliphatic carbocycles. The third-order valence-electron chi connectivity index (χ3n) is 4.33. The Balaban J connectivity index is 1.50. The average molecular weight is 338 g/mol. The van der Waals surface area contributed by atoms with Crippen molar-refractivity contribution in [1.29, 1.82) is 0 Å². The summed E-state index contributed by atoms with van der Waals surface area (Å²) in [5.41, 5.74) is 3.29. The molecule has 2 amide bonds. The van der Waals surface area contributed by atoms with Gasteiger partial charge in [0.1, 0.15) is 0 Å². The lowest BCUT2D eigenvalue weighted by Crippen LogP contribution is -2.52. The van der Waals surface area contributed by atoms with Gasteiger partial charge in [0.2, 0.25) is 0 Å². The van der Waals surface area contributed by atoms with E-state index in [0.717, 1.165) is 24.3 Å². The Morgan fingerprint density at radius 2 is 1.80 bits per heavy atom. The van der Waals surface area contributed by atoms with Crippen LogP contribution in [-0.2, 0) is 16.1 Å². The number of nitrogens with one attached hydrogen (secondary N) is 1. The molecule has 1 aliphatic heterocycles. The minimum absolute atomic E-state index is 0.330. The van der Waals surface area contributed by atoms with Crippen molar-refractivity contribution in [2.75, 3.05) is 31.1 Å². The topological polar surface area (TPSA) is 65.5 Å². The monoisotopic (exact) mass is 338 g/mol. The fourth-order valence-electron chi connectivity index (χ4n) is 2.89. The first-order valence-electron chi connectivity index (χ1n) is 8.41. The van der Waals surface area contributed by atoms with E-state index in [2.05, 4.69) is 40.3 Å². The number of aryl methyl sites for hydroxylation is 1. The molecule has 1 aromatic carbocycles. The maximum Gasteiger partial charge on any atom is 0.312 e. The van der Waals surface area contributed by atoms with Crippen molar-refractivity contribution in [3.8, 4) is 0 Å². The Morgan fingerprint density at radius 3 is 2.48 bits per heavy atom. The van der Waals surface area contributed by atoms with Gasteiger partial charge in [-0.1, -0.05) is 12.1 Å². The average Bonchev–Trinajstić information content (AvgIpc) is 2.66. The van der Waals surface area contributed by atoms with Crippen LogP contribution in [0.1, 0.15) is 11.1 Å². The molecular weight excluding hydrogens is 316 g/mol. The van der Waals surface area contributed by atoms with E-state index in [1.54, 1.807) is 17.3 Å². The summed E-state index contributed by atoms with van der Waals surface area (Å²) in [6.07, 6.45) is 3.32. The highest BCUT2D eigenvalue weighted by Crippen LogP contribution is 2.17. The predicted octanol–water partition coefficient (Wildman–Crippen LogP) is 1.36. The number of rotatable bonds is 3. The lowest BCUT2D eigenvalue weighted by molar-refractivity contribution is -0.146. The first-order chi connectivity index (χ1) is 12.1. The van der Waals surface area contributed by atoms with Crippen molar-refractivity contribution >= 4 is 17.5 Å². The van der Waals surface area contributed by atoms with Crippen LogP contribution in [0.4, 0.5) is 5.69 Å². The van der Waals surface area contributed by atoms with Gasteiger partial charge in [-0.3, -0.25) is 14.6 Å². The van der Waals surface area contributed by atoms with E-state index in [1.165, 1.54) is 5.56 Å². The molecule has 0 spiro atoms. The summed E-state index contributed by atoms with van der Waals surface area (Å²) in [6, 6.07) is 11.9. The van der Waals surface area contributed by atoms with E-state index in [4.69, 9.17) is 0 Å². The third kappa shape index (κ3) is 4.35. The summed E-state index contributed by atoms with van der Waals surface area (Å²) in [5, 5.41) is 2.67. The number of nitrogens with zero attached hydrogens (tertiary/aromatic N) is 3. The van der Waals surface area contributed by atoms with Crippen LogP contribution in [0.5, 0.6) is 0 Å². The number of amides is 2. The van der Waals surface area contributed by atoms with Crippen molar-refractivity contribution in [2.24, 2.45) is 0 Å². The quantitative estimate of drug-likeness (QED) is 0.858. The molecule has 0 radical (unpaired) electrons. The molecule has 25 heavy (non-hydrogen) atoms. The molecule has 1 aliphatic rings. The largest absolute Gasteiger partial charge is 0.368 e. The lowest BCUT2D eigenvalue weighted by atomic mass is 10.2. The molecule has 6 heteroatoms. The van der Waals surface area contributed by atoms with E-state index >= 15 is 0 Å². The van der Waals surface area contributed by atoms with Gasteiger partial charge in [0.05, 0.1) is 0 Å². The molecule has 130 valence electrons. The second-order valence-corrected chi connectivity index (χ2v) is 6.16. The van der Waals surface area contributed by atoms with Gasteiger partial charge in [-0.05, 0) is 42.3 Å². The summed E-state index contributed by atoms with van der Waals surface area (Å²) in [6.45, 7) is 4.96. The smallest absolute Gasteiger partial charge is 0.312 e. The van der Waals surface area contributed by atoms with Gasteiger partial charge in [-0.2, -0.15) is 0 Å². The highest BCUT2D eigenvalue weighted by atomic mass is 16.2. The maximum absolute atomic E-state index is 12.3. The fourth-order valence-corrected chi connectivity index (χ4v) is 2.89. The molecule has 6 nitrogen and oxygen atoms in total. The predicted molar refractivity (Wildman–Crippen MR) is 96.1 cm³/mol. The molecule has 1 saturated heterocycles. The SMILES string of the molecule is Cc1cccc(N2CCN(C(=O)C(=O)NCc3ccncc3)CC2)c1. The van der Waals surface area contributed by atoms with Crippen LogP contribution in [0.3, 0.4) is 0 Å². The number of piperazine rings is 1. The van der Waals surface area contributed by atoms with E-state index in [-0.39, 0.29) is 0 Å². The number of hydrogen-bond acceptors (Lipinski definition) is 4. The van der Waals surface area contributed by atoms with Crippen LogP contribution >= 0.6 is 0 Å². The Morgan fingerprint density at radius 1 is 1.08 bits per heavy atom. The highest BCUT2D eigenvalue weighted by Gasteiger charge is 2.25. The van der Waals surface area contributed by atoms with Gasteiger partial charge in [0.15, 0.2) is 0 Å². The van der Waals surface area contributed by atoms with E-state index in [1.807, 2.05) is 18.2 Å². The third-order valence-corrected chi connectivity index (χ3v) is 4.33. The normalized spacial score (nSPS) is 14.3. The van der Waals surface area contributed by atoms with Crippen LogP contribution in [-0.4, -0.2) is 47.9 Å². The Hall–Kier alpha value is -2.89. The number of pyridine rings is 1. The number of hydrogen-bond donors (Lipinski definition) is 1. The summed E-state index contributed by atoms with van der Waals surface area (Å²) in [4.78, 5) is 32.2. The van der Waals surface area contributed by atoms with Crippen molar-refractivity contribution in [1.82, 2.24) is 15.2 Å². The summed E-state index contributed by atoms with van der Waals surface area (Å²) in [7, 11) is 0. The lowest BCUT2D eigenvalue weighted by Gasteiger charge is -2.35. The summed E-state index contributed by atoms with van der Waals surface area (Å²) < 4.78 is 0. The van der Waals surface area contributed by atoms with E-state index in [0.29, 0.717) is 19.6 Å². The second-order valence-electron chi connectivity index (χ2n) is 6.16. The van der Waals surface area contributed by atoms with E-state index in [9.17, 15) is 9.59 Å². The van der Waals surface area contributed by atoms with E-state index < -0.39 is 11.8 Å². The molecule has 1 aromatic heterocycles. The Labute approximate surface area is 147 Å². The van der Waals surface area contributed by atoms with Gasteiger partial charge >= 0.3 is 11.8 Å². The summed E-state index contributed by atoms with van der Waals surface area (Å²) in [5.74, 6) is -1.02. The standard InChI is InChI=1S/C19H22N4O2/c1-15-3-2-4-17(13-15)22-9-11-23(12-10-22)19(25)18(24)21-14-16-5-7-20-8-6-16/h2-8,13H,9-12,14H2,1H3,(H,21,24). The number of aromatic nitrogens is 1. The Kier molecular flexibility index (Phi) is 5.28.